The molecule has 0 atom stereocenters. The van der Waals surface area contributed by atoms with E-state index in [9.17, 15) is 20.4 Å². The van der Waals surface area contributed by atoms with E-state index in [1.165, 1.54) is 0 Å². The quantitative estimate of drug-likeness (QED) is 0.0688. The summed E-state index contributed by atoms with van der Waals surface area (Å²) in [5, 5.41) is 50.2. The molecular weight excluding hydrogens is 1210 g/mol. The summed E-state index contributed by atoms with van der Waals surface area (Å²) in [5.74, 6) is 0.711. The Balaban J connectivity index is 0.000000188. The van der Waals surface area contributed by atoms with Crippen molar-refractivity contribution in [3.63, 3.8) is 0 Å². The van der Waals surface area contributed by atoms with E-state index in [0.29, 0.717) is 45.0 Å². The number of aromatic amines is 4. The predicted molar refractivity (Wildman–Crippen MR) is 383 cm³/mol. The van der Waals surface area contributed by atoms with E-state index in [2.05, 4.69) is 127 Å². The smallest absolute Gasteiger partial charge is 0.134 e. The Morgan fingerprint density at radius 3 is 0.617 bits per heavy atom. The maximum Gasteiger partial charge on any atom is 0.134 e. The molecule has 0 fully saturated rings. The van der Waals surface area contributed by atoms with Crippen molar-refractivity contribution in [3.8, 4) is 113 Å². The fourth-order valence-corrected chi connectivity index (χ4v) is 12.0. The molecule has 0 saturated carbocycles. The molecule has 0 bridgehead atoms. The average molecular weight is 1290 g/mol. The molecule has 8 N–H and O–H groups in total. The van der Waals surface area contributed by atoms with Crippen molar-refractivity contribution in [1.29, 1.82) is 0 Å². The SMILES string of the molecule is C.CC(C)(C)c1cc(-c2ccc3ccc4ccc(-c5cc(C(C)(C)C)cc(-c6ccc[nH]6)c5O)nc4c3n2)c(O)c(-c2ccc[nH]2)c1.CC(C)(C)c1cc(-c2ccc3ccc4ccc(-c5cc(C(C)(C)C)cc(-c6ccc[nH]6)c5O)nc4c3n2)c(O)c(-c2ccc[nH]2)c1.[Co]. The van der Waals surface area contributed by atoms with Crippen molar-refractivity contribution < 1.29 is 37.2 Å². The van der Waals surface area contributed by atoms with Crippen LogP contribution in [-0.2, 0) is 38.4 Å². The summed E-state index contributed by atoms with van der Waals surface area (Å²) in [4.78, 5) is 33.6. The minimum Gasteiger partial charge on any atom is -0.507 e. The van der Waals surface area contributed by atoms with Crippen molar-refractivity contribution in [2.75, 3.05) is 0 Å². The fourth-order valence-electron chi connectivity index (χ4n) is 12.0. The molecule has 0 unspecified atom stereocenters. The normalized spacial score (nSPS) is 12.0. The van der Waals surface area contributed by atoms with E-state index in [0.717, 1.165) is 111 Å². The molecule has 0 aliphatic carbocycles. The number of phenolic OH excluding ortho intramolecular Hbond substituents is 4. The Hall–Kier alpha value is -10.2. The third-order valence-corrected chi connectivity index (χ3v) is 17.6. The first-order valence-electron chi connectivity index (χ1n) is 31.2. The molecule has 8 aromatic heterocycles. The van der Waals surface area contributed by atoms with E-state index < -0.39 is 0 Å². The number of fused-ring (bicyclic) bond motifs is 6. The van der Waals surface area contributed by atoms with Gasteiger partial charge in [0.25, 0.3) is 0 Å². The number of benzene rings is 6. The first-order valence-corrected chi connectivity index (χ1v) is 31.2. The number of hydrogen-bond acceptors (Lipinski definition) is 8. The monoisotopic (exact) mass is 1290 g/mol. The summed E-state index contributed by atoms with van der Waals surface area (Å²) in [7, 11) is 0. The van der Waals surface area contributed by atoms with E-state index in [-0.39, 0.29) is 68.9 Å². The Bertz CT molecular complexity index is 4480. The van der Waals surface area contributed by atoms with Gasteiger partial charge in [0.2, 0.25) is 0 Å². The van der Waals surface area contributed by atoms with Crippen molar-refractivity contribution >= 4 is 43.6 Å². The second-order valence-corrected chi connectivity index (χ2v) is 28.2. The van der Waals surface area contributed by atoms with Gasteiger partial charge in [-0.15, -0.1) is 0 Å². The second kappa shape index (κ2) is 24.7. The number of phenols is 4. The van der Waals surface area contributed by atoms with Crippen LogP contribution < -0.4 is 0 Å². The van der Waals surface area contributed by atoms with Gasteiger partial charge >= 0.3 is 0 Å². The standard InChI is InChI=1S/2C40H38N4O2.CH4.Co/c2*1-39(2,3)25-19-27(31-9-7-17-41-31)37(45)29(21-25)33-15-13-23-11-12-24-14-16-34(44-36(24)35(23)43-33)30-22-26(40(4,5)6)20-28(38(30)46)32-10-8-18-42-32;;/h2*7-22,41-42,45-46H,1-6H3;1H4;. The van der Waals surface area contributed by atoms with E-state index in [1.54, 1.807) is 0 Å². The minimum absolute atomic E-state index is 0. The predicted octanol–water partition coefficient (Wildman–Crippen LogP) is 20.9. The summed E-state index contributed by atoms with van der Waals surface area (Å²) in [6.07, 6.45) is 7.44. The van der Waals surface area contributed by atoms with Crippen molar-refractivity contribution in [3.05, 3.63) is 217 Å². The number of nitrogens with zero attached hydrogens (tertiary/aromatic N) is 4. The van der Waals surface area contributed by atoms with Gasteiger partial charge in [-0.3, -0.25) is 0 Å². The minimum atomic E-state index is -0.146. The van der Waals surface area contributed by atoms with E-state index >= 15 is 0 Å². The van der Waals surface area contributed by atoms with Gasteiger partial charge in [0.1, 0.15) is 23.0 Å². The summed E-state index contributed by atoms with van der Waals surface area (Å²) in [6.45, 7) is 26.0. The molecule has 0 amide bonds. The molecule has 12 nitrogen and oxygen atoms in total. The van der Waals surface area contributed by atoms with Gasteiger partial charge in [-0.2, -0.15) is 0 Å². The Morgan fingerprint density at radius 2 is 0.447 bits per heavy atom. The van der Waals surface area contributed by atoms with E-state index in [4.69, 9.17) is 19.9 Å². The number of pyridine rings is 4. The topological polar surface area (TPSA) is 196 Å². The average Bonchev–Trinajstić information content (AvgIpc) is 1.12. The molecule has 94 heavy (non-hydrogen) atoms. The van der Waals surface area contributed by atoms with Gasteiger partial charge in [0.05, 0.1) is 44.8 Å². The number of aromatic hydroxyl groups is 4. The molecular formula is C81H80CoN8O4. The first-order chi connectivity index (χ1) is 43.8. The van der Waals surface area contributed by atoms with Gasteiger partial charge in [-0.05, 0) is 165 Å². The zero-order chi connectivity index (χ0) is 64.8. The van der Waals surface area contributed by atoms with Crippen LogP contribution in [-0.4, -0.2) is 60.3 Å². The third kappa shape index (κ3) is 12.4. The van der Waals surface area contributed by atoms with E-state index in [1.807, 2.05) is 170 Å². The molecule has 0 saturated heterocycles. The van der Waals surface area contributed by atoms with Crippen LogP contribution in [0.2, 0.25) is 0 Å². The second-order valence-electron chi connectivity index (χ2n) is 28.2. The van der Waals surface area contributed by atoms with Crippen LogP contribution in [0, 0.1) is 0 Å². The Labute approximate surface area is 559 Å². The van der Waals surface area contributed by atoms with Crippen LogP contribution >= 0.6 is 0 Å². The van der Waals surface area contributed by atoms with Gasteiger partial charge in [-0.25, -0.2) is 19.9 Å². The summed E-state index contributed by atoms with van der Waals surface area (Å²) in [6, 6.07) is 56.1. The molecule has 477 valence electrons. The maximum atomic E-state index is 11.6. The first kappa shape index (κ1) is 65.3. The molecule has 0 aliphatic heterocycles. The molecule has 0 aliphatic rings. The van der Waals surface area contributed by atoms with Gasteiger partial charge in [-0.1, -0.05) is 139 Å². The number of hydrogen-bond donors (Lipinski definition) is 8. The number of H-pyrrole nitrogens is 4. The number of aromatic nitrogens is 8. The van der Waals surface area contributed by atoms with Crippen LogP contribution in [0.3, 0.4) is 0 Å². The van der Waals surface area contributed by atoms with Crippen molar-refractivity contribution in [2.45, 2.75) is 112 Å². The largest absolute Gasteiger partial charge is 0.507 e. The van der Waals surface area contributed by atoms with Crippen LogP contribution in [0.25, 0.3) is 134 Å². The number of rotatable bonds is 8. The van der Waals surface area contributed by atoms with Crippen LogP contribution in [0.15, 0.2) is 195 Å². The molecule has 1 radical (unpaired) electrons. The summed E-state index contributed by atoms with van der Waals surface area (Å²) < 4.78 is 0. The molecule has 6 aromatic carbocycles. The molecule has 13 heteroatoms. The summed E-state index contributed by atoms with van der Waals surface area (Å²) >= 11 is 0. The van der Waals surface area contributed by atoms with Gasteiger partial charge in [0.15, 0.2) is 0 Å². The van der Waals surface area contributed by atoms with Crippen LogP contribution in [0.5, 0.6) is 23.0 Å². The Morgan fingerprint density at radius 1 is 0.266 bits per heavy atom. The van der Waals surface area contributed by atoms with Crippen LogP contribution in [0.4, 0.5) is 0 Å². The van der Waals surface area contributed by atoms with Gasteiger partial charge < -0.3 is 40.4 Å². The molecule has 14 aromatic rings. The van der Waals surface area contributed by atoms with Crippen molar-refractivity contribution in [2.24, 2.45) is 0 Å². The molecule has 14 rings (SSSR count). The zero-order valence-electron chi connectivity index (χ0n) is 54.4. The third-order valence-electron chi connectivity index (χ3n) is 17.6. The zero-order valence-corrected chi connectivity index (χ0v) is 55.4. The van der Waals surface area contributed by atoms with Gasteiger partial charge in [0, 0.05) is 130 Å². The van der Waals surface area contributed by atoms with Crippen LogP contribution in [0.1, 0.15) is 113 Å². The maximum absolute atomic E-state index is 11.6. The fraction of sp³-hybridized carbons (Fsp3) is 0.210. The molecule has 0 spiro atoms. The molecule has 8 heterocycles. The number of nitrogens with one attached hydrogen (secondary N) is 4. The Kier molecular flexibility index (Phi) is 17.1. The van der Waals surface area contributed by atoms with Crippen molar-refractivity contribution in [1.82, 2.24) is 39.9 Å². The summed E-state index contributed by atoms with van der Waals surface area (Å²) in [5.41, 5.74) is 18.4.